The van der Waals surface area contributed by atoms with Crippen molar-refractivity contribution < 1.29 is 19.3 Å². The second kappa shape index (κ2) is 9.02. The summed E-state index contributed by atoms with van der Waals surface area (Å²) in [5.41, 5.74) is 4.67. The Kier molecular flexibility index (Phi) is 5.40. The number of anilines is 1. The predicted molar refractivity (Wildman–Crippen MR) is 148 cm³/mol. The summed E-state index contributed by atoms with van der Waals surface area (Å²) >= 11 is 0. The number of nitro benzene ring substituents is 1. The summed E-state index contributed by atoms with van der Waals surface area (Å²) in [6, 6.07) is 24.1. The minimum absolute atomic E-state index is 0.0625. The summed E-state index contributed by atoms with van der Waals surface area (Å²) in [4.78, 5) is 57.6. The van der Waals surface area contributed by atoms with E-state index in [0.29, 0.717) is 5.56 Å². The van der Waals surface area contributed by atoms with Crippen molar-refractivity contribution in [2.24, 2.45) is 16.9 Å². The maximum atomic E-state index is 14.4. The second-order valence-electron chi connectivity index (χ2n) is 10.2. The lowest BCUT2D eigenvalue weighted by atomic mass is 9.47. The monoisotopic (exact) mass is 543 g/mol. The van der Waals surface area contributed by atoms with Crippen molar-refractivity contribution in [2.45, 2.75) is 11.3 Å². The van der Waals surface area contributed by atoms with Gasteiger partial charge in [0.1, 0.15) is 5.69 Å². The van der Waals surface area contributed by atoms with Crippen molar-refractivity contribution in [2.75, 3.05) is 4.90 Å². The number of hydrogen-bond acceptors (Lipinski definition) is 7. The molecule has 2 bridgehead atoms. The third-order valence-corrected chi connectivity index (χ3v) is 8.38. The fourth-order valence-corrected chi connectivity index (χ4v) is 6.86. The number of rotatable bonds is 5. The standard InChI is InChI=1S/C31H21N5O5/c37-28(18-13-15-32-16-14-18)34-33-17-31-21-9-3-1-7-19(21)25(20-8-2-4-10-22(20)31)26-27(31)30(39)35(29(26)38)23-11-5-6-12-24(23)36(40)41/h1-17,25-27H,(H,34,37)/b33-17-/t25?,26-,27+,31?/m1/s1. The van der Waals surface area contributed by atoms with E-state index in [1.807, 2.05) is 48.5 Å². The molecule has 1 N–H and O–H groups in total. The van der Waals surface area contributed by atoms with Crippen LogP contribution in [0.1, 0.15) is 38.5 Å². The first kappa shape index (κ1) is 24.5. The SMILES string of the molecule is O=C(N/N=C\C12c3ccccc3C(c3ccccc31)[C@H]1C(=O)N(c3ccccc3[N+](=O)[O-])C(=O)[C@H]12)c1ccncc1. The lowest BCUT2D eigenvalue weighted by molar-refractivity contribution is -0.384. The van der Waals surface area contributed by atoms with Gasteiger partial charge in [-0.3, -0.25) is 29.5 Å². The van der Waals surface area contributed by atoms with Crippen molar-refractivity contribution >= 4 is 35.3 Å². The summed E-state index contributed by atoms with van der Waals surface area (Å²) in [6.45, 7) is 0. The van der Waals surface area contributed by atoms with Crippen LogP contribution >= 0.6 is 0 Å². The van der Waals surface area contributed by atoms with E-state index >= 15 is 0 Å². The molecule has 10 nitrogen and oxygen atoms in total. The third kappa shape index (κ3) is 3.33. The minimum Gasteiger partial charge on any atom is -0.274 e. The van der Waals surface area contributed by atoms with E-state index in [-0.39, 0.29) is 11.4 Å². The summed E-state index contributed by atoms with van der Waals surface area (Å²) < 4.78 is 0. The zero-order valence-electron chi connectivity index (χ0n) is 21.4. The van der Waals surface area contributed by atoms with E-state index < -0.39 is 45.8 Å². The van der Waals surface area contributed by atoms with Crippen LogP contribution in [0.25, 0.3) is 0 Å². The van der Waals surface area contributed by atoms with Crippen molar-refractivity contribution in [1.29, 1.82) is 0 Å². The highest BCUT2D eigenvalue weighted by molar-refractivity contribution is 6.25. The summed E-state index contributed by atoms with van der Waals surface area (Å²) in [5, 5.41) is 16.2. The molecule has 3 aromatic carbocycles. The molecule has 3 aliphatic carbocycles. The van der Waals surface area contributed by atoms with Crippen LogP contribution in [0.3, 0.4) is 0 Å². The Bertz CT molecular complexity index is 1760. The van der Waals surface area contributed by atoms with Crippen molar-refractivity contribution in [3.63, 3.8) is 0 Å². The topological polar surface area (TPSA) is 135 Å². The molecule has 1 aliphatic heterocycles. The minimum atomic E-state index is -1.22. The Hall–Kier alpha value is -5.51. The van der Waals surface area contributed by atoms with Crippen LogP contribution in [-0.4, -0.2) is 33.8 Å². The van der Waals surface area contributed by atoms with Gasteiger partial charge in [-0.2, -0.15) is 5.10 Å². The number of hydrazone groups is 1. The molecule has 41 heavy (non-hydrogen) atoms. The van der Waals surface area contributed by atoms with Gasteiger partial charge < -0.3 is 0 Å². The fraction of sp³-hybridized carbons (Fsp3) is 0.129. The number of hydrogen-bond donors (Lipinski definition) is 1. The number of pyridine rings is 1. The zero-order chi connectivity index (χ0) is 28.3. The largest absolute Gasteiger partial charge is 0.293 e. The molecule has 0 saturated carbocycles. The van der Waals surface area contributed by atoms with E-state index in [9.17, 15) is 24.5 Å². The summed E-state index contributed by atoms with van der Waals surface area (Å²) in [6.07, 6.45) is 4.54. The maximum Gasteiger partial charge on any atom is 0.293 e. The quantitative estimate of drug-likeness (QED) is 0.175. The van der Waals surface area contributed by atoms with Crippen LogP contribution in [0.5, 0.6) is 0 Å². The first-order valence-corrected chi connectivity index (χ1v) is 13.0. The van der Waals surface area contributed by atoms with E-state index in [0.717, 1.165) is 27.2 Å². The Morgan fingerprint density at radius 3 is 2.17 bits per heavy atom. The van der Waals surface area contributed by atoms with Gasteiger partial charge in [-0.25, -0.2) is 10.3 Å². The molecule has 4 aliphatic rings. The highest BCUT2D eigenvalue weighted by Gasteiger charge is 2.68. The highest BCUT2D eigenvalue weighted by Crippen LogP contribution is 2.63. The van der Waals surface area contributed by atoms with Crippen LogP contribution in [0.2, 0.25) is 0 Å². The van der Waals surface area contributed by atoms with Gasteiger partial charge in [0.25, 0.3) is 11.6 Å². The molecule has 0 spiro atoms. The average Bonchev–Trinajstić information content (AvgIpc) is 3.28. The number of imide groups is 1. The number of carbonyl (C=O) groups excluding carboxylic acids is 3. The molecule has 2 heterocycles. The van der Waals surface area contributed by atoms with Gasteiger partial charge in [0.2, 0.25) is 11.8 Å². The molecule has 0 radical (unpaired) electrons. The average molecular weight is 544 g/mol. The number of para-hydroxylation sites is 2. The number of benzene rings is 3. The van der Waals surface area contributed by atoms with E-state index in [4.69, 9.17) is 0 Å². The van der Waals surface area contributed by atoms with Crippen LogP contribution in [0.15, 0.2) is 102 Å². The van der Waals surface area contributed by atoms with E-state index in [2.05, 4.69) is 15.5 Å². The van der Waals surface area contributed by atoms with Crippen LogP contribution in [0.4, 0.5) is 11.4 Å². The van der Waals surface area contributed by atoms with Gasteiger partial charge in [-0.1, -0.05) is 60.7 Å². The molecular formula is C31H21N5O5. The second-order valence-corrected chi connectivity index (χ2v) is 10.2. The normalized spacial score (nSPS) is 23.7. The number of nitrogens with one attached hydrogen (secondary N) is 1. The maximum absolute atomic E-state index is 14.4. The summed E-state index contributed by atoms with van der Waals surface area (Å²) in [5.74, 6) is -3.70. The van der Waals surface area contributed by atoms with Crippen molar-refractivity contribution in [3.05, 3.63) is 135 Å². The van der Waals surface area contributed by atoms with Gasteiger partial charge in [0.05, 0.1) is 22.2 Å². The summed E-state index contributed by atoms with van der Waals surface area (Å²) in [7, 11) is 0. The van der Waals surface area contributed by atoms with Gasteiger partial charge >= 0.3 is 0 Å². The number of aromatic nitrogens is 1. The molecule has 1 fully saturated rings. The first-order valence-electron chi connectivity index (χ1n) is 13.0. The molecule has 200 valence electrons. The molecular weight excluding hydrogens is 522 g/mol. The Balaban J connectivity index is 1.43. The van der Waals surface area contributed by atoms with Crippen LogP contribution < -0.4 is 10.3 Å². The smallest absolute Gasteiger partial charge is 0.274 e. The Morgan fingerprint density at radius 2 is 1.51 bits per heavy atom. The molecule has 0 unspecified atom stereocenters. The zero-order valence-corrected chi connectivity index (χ0v) is 21.4. The van der Waals surface area contributed by atoms with Crippen LogP contribution in [-0.2, 0) is 15.0 Å². The molecule has 3 amide bonds. The molecule has 2 atom stereocenters. The van der Waals surface area contributed by atoms with Gasteiger partial charge in [-0.05, 0) is 40.5 Å². The van der Waals surface area contributed by atoms with E-state index in [1.54, 1.807) is 24.4 Å². The third-order valence-electron chi connectivity index (χ3n) is 8.38. The number of nitrogens with zero attached hydrogens (tertiary/aromatic N) is 4. The van der Waals surface area contributed by atoms with Crippen molar-refractivity contribution in [1.82, 2.24) is 10.4 Å². The molecule has 1 saturated heterocycles. The number of amides is 3. The fourth-order valence-electron chi connectivity index (χ4n) is 6.86. The lowest BCUT2D eigenvalue weighted by Crippen LogP contribution is -2.54. The Morgan fingerprint density at radius 1 is 0.902 bits per heavy atom. The molecule has 4 aromatic rings. The molecule has 8 rings (SSSR count). The molecule has 1 aromatic heterocycles. The highest BCUT2D eigenvalue weighted by atomic mass is 16.6. The number of carbonyl (C=O) groups is 3. The predicted octanol–water partition coefficient (Wildman–Crippen LogP) is 3.96. The van der Waals surface area contributed by atoms with Gasteiger partial charge in [0.15, 0.2) is 0 Å². The first-order chi connectivity index (χ1) is 19.9. The van der Waals surface area contributed by atoms with Gasteiger partial charge in [-0.15, -0.1) is 0 Å². The van der Waals surface area contributed by atoms with Crippen molar-refractivity contribution in [3.8, 4) is 0 Å². The molecule has 10 heteroatoms. The number of nitro groups is 1. The Labute approximate surface area is 233 Å². The van der Waals surface area contributed by atoms with E-state index in [1.165, 1.54) is 30.6 Å². The van der Waals surface area contributed by atoms with Gasteiger partial charge in [0, 0.05) is 36.2 Å². The van der Waals surface area contributed by atoms with Crippen LogP contribution in [0, 0.1) is 22.0 Å². The lowest BCUT2D eigenvalue weighted by Gasteiger charge is -2.52.